The first kappa shape index (κ1) is 8.48. The molecule has 0 bridgehead atoms. The van der Waals surface area contributed by atoms with Gasteiger partial charge in [-0.1, -0.05) is 0 Å². The van der Waals surface area contributed by atoms with Gasteiger partial charge in [0.05, 0.1) is 12.7 Å². The molecule has 2 saturated heterocycles. The highest BCUT2D eigenvalue weighted by Gasteiger charge is 2.31. The van der Waals surface area contributed by atoms with Crippen LogP contribution in [-0.4, -0.2) is 50.3 Å². The van der Waals surface area contributed by atoms with Crippen LogP contribution in [0.15, 0.2) is 0 Å². The van der Waals surface area contributed by atoms with Crippen molar-refractivity contribution in [2.24, 2.45) is 0 Å². The third kappa shape index (κ3) is 1.63. The van der Waals surface area contributed by atoms with Crippen LogP contribution in [0.4, 0.5) is 0 Å². The van der Waals surface area contributed by atoms with Crippen LogP contribution in [0.5, 0.6) is 0 Å². The minimum Gasteiger partial charge on any atom is -0.374 e. The molecule has 12 heavy (non-hydrogen) atoms. The number of nitrogens with one attached hydrogen (secondary N) is 1. The van der Waals surface area contributed by atoms with Crippen LogP contribution in [0.25, 0.3) is 0 Å². The van der Waals surface area contributed by atoms with Crippen molar-refractivity contribution in [3.8, 4) is 0 Å². The molecular weight excluding hydrogens is 152 g/mol. The summed E-state index contributed by atoms with van der Waals surface area (Å²) >= 11 is 0. The van der Waals surface area contributed by atoms with E-state index < -0.39 is 0 Å². The largest absolute Gasteiger partial charge is 0.374 e. The maximum Gasteiger partial charge on any atom is 0.0826 e. The van der Waals surface area contributed by atoms with Gasteiger partial charge < -0.3 is 10.1 Å². The molecule has 2 unspecified atom stereocenters. The van der Waals surface area contributed by atoms with Crippen LogP contribution in [0.2, 0.25) is 0 Å². The van der Waals surface area contributed by atoms with Gasteiger partial charge in [-0.05, 0) is 26.4 Å². The van der Waals surface area contributed by atoms with E-state index in [2.05, 4.69) is 10.2 Å². The van der Waals surface area contributed by atoms with Crippen molar-refractivity contribution in [2.75, 3.05) is 33.3 Å². The van der Waals surface area contributed by atoms with Crippen LogP contribution < -0.4 is 5.32 Å². The molecule has 3 nitrogen and oxygen atoms in total. The third-order valence-electron chi connectivity index (χ3n) is 2.89. The molecule has 0 aromatic rings. The minimum absolute atomic E-state index is 0.421. The molecule has 0 saturated carbocycles. The lowest BCUT2D eigenvalue weighted by molar-refractivity contribution is -0.0462. The zero-order valence-electron chi connectivity index (χ0n) is 7.75. The van der Waals surface area contributed by atoms with Gasteiger partial charge in [-0.3, -0.25) is 4.90 Å². The van der Waals surface area contributed by atoms with Gasteiger partial charge in [0.25, 0.3) is 0 Å². The topological polar surface area (TPSA) is 24.5 Å². The van der Waals surface area contributed by atoms with Crippen LogP contribution >= 0.6 is 0 Å². The number of likely N-dealkylation sites (N-methyl/N-ethyl adjacent to an activating group) is 1. The van der Waals surface area contributed by atoms with Crippen LogP contribution in [0.3, 0.4) is 0 Å². The molecule has 3 heteroatoms. The normalized spacial score (nSPS) is 36.8. The lowest BCUT2D eigenvalue weighted by Gasteiger charge is -2.35. The summed E-state index contributed by atoms with van der Waals surface area (Å²) < 4.78 is 5.73. The number of morpholine rings is 1. The summed E-state index contributed by atoms with van der Waals surface area (Å²) in [5.74, 6) is 0. The molecule has 0 radical (unpaired) electrons. The number of fused-ring (bicyclic) bond motifs is 1. The fourth-order valence-corrected chi connectivity index (χ4v) is 2.24. The van der Waals surface area contributed by atoms with Crippen LogP contribution in [-0.2, 0) is 4.74 Å². The van der Waals surface area contributed by atoms with Gasteiger partial charge >= 0.3 is 0 Å². The van der Waals surface area contributed by atoms with Crippen molar-refractivity contribution in [1.29, 1.82) is 0 Å². The van der Waals surface area contributed by atoms with Crippen molar-refractivity contribution < 1.29 is 4.74 Å². The van der Waals surface area contributed by atoms with Gasteiger partial charge in [0, 0.05) is 19.1 Å². The summed E-state index contributed by atoms with van der Waals surface area (Å²) in [5, 5.41) is 3.17. The molecule has 0 aromatic carbocycles. The fraction of sp³-hybridized carbons (Fsp3) is 1.00. The van der Waals surface area contributed by atoms with E-state index in [0.717, 1.165) is 25.7 Å². The number of hydrogen-bond acceptors (Lipinski definition) is 3. The molecule has 1 N–H and O–H groups in total. The van der Waals surface area contributed by atoms with Gasteiger partial charge in [-0.15, -0.1) is 0 Å². The van der Waals surface area contributed by atoms with Crippen molar-refractivity contribution in [1.82, 2.24) is 10.2 Å². The molecule has 2 fully saturated rings. The Morgan fingerprint density at radius 1 is 1.58 bits per heavy atom. The standard InChI is InChI=1S/C9H18N2O/c1-10-5-9-6-11-4-2-3-8(11)7-12-9/h8-10H,2-7H2,1H3. The predicted octanol–water partition coefficient (Wildman–Crippen LogP) is 0.0690. The maximum absolute atomic E-state index is 5.73. The molecule has 0 aliphatic carbocycles. The first-order valence-electron chi connectivity index (χ1n) is 4.90. The molecule has 2 aliphatic rings. The molecule has 2 heterocycles. The van der Waals surface area contributed by atoms with Crippen LogP contribution in [0, 0.1) is 0 Å². The average Bonchev–Trinajstić information content (AvgIpc) is 2.51. The van der Waals surface area contributed by atoms with E-state index in [1.807, 2.05) is 7.05 Å². The van der Waals surface area contributed by atoms with E-state index in [1.54, 1.807) is 0 Å². The van der Waals surface area contributed by atoms with Crippen molar-refractivity contribution in [3.05, 3.63) is 0 Å². The van der Waals surface area contributed by atoms with Gasteiger partial charge in [0.15, 0.2) is 0 Å². The summed E-state index contributed by atoms with van der Waals surface area (Å²) in [7, 11) is 1.99. The van der Waals surface area contributed by atoms with E-state index in [9.17, 15) is 0 Å². The molecular formula is C9H18N2O. The highest BCUT2D eigenvalue weighted by Crippen LogP contribution is 2.22. The molecule has 0 amide bonds. The number of ether oxygens (including phenoxy) is 1. The molecule has 70 valence electrons. The smallest absolute Gasteiger partial charge is 0.0826 e. The fourth-order valence-electron chi connectivity index (χ4n) is 2.24. The highest BCUT2D eigenvalue weighted by atomic mass is 16.5. The SMILES string of the molecule is CNCC1CN2CCCC2CO1. The van der Waals surface area contributed by atoms with E-state index in [0.29, 0.717) is 6.10 Å². The molecule has 2 aliphatic heterocycles. The molecule has 2 rings (SSSR count). The monoisotopic (exact) mass is 170 g/mol. The number of nitrogens with zero attached hydrogens (tertiary/aromatic N) is 1. The molecule has 0 spiro atoms. The minimum atomic E-state index is 0.421. The average molecular weight is 170 g/mol. The van der Waals surface area contributed by atoms with Gasteiger partial charge in [0.1, 0.15) is 0 Å². The van der Waals surface area contributed by atoms with Gasteiger partial charge in [0.2, 0.25) is 0 Å². The summed E-state index contributed by atoms with van der Waals surface area (Å²) in [5.41, 5.74) is 0. The van der Waals surface area contributed by atoms with Crippen LogP contribution in [0.1, 0.15) is 12.8 Å². The Hall–Kier alpha value is -0.120. The van der Waals surface area contributed by atoms with E-state index in [-0.39, 0.29) is 0 Å². The predicted molar refractivity (Wildman–Crippen MR) is 48.3 cm³/mol. The zero-order chi connectivity index (χ0) is 8.39. The Bertz CT molecular complexity index is 151. The Morgan fingerprint density at radius 3 is 3.33 bits per heavy atom. The second-order valence-electron chi connectivity index (χ2n) is 3.80. The van der Waals surface area contributed by atoms with E-state index in [1.165, 1.54) is 19.4 Å². The van der Waals surface area contributed by atoms with Gasteiger partial charge in [-0.2, -0.15) is 0 Å². The Labute approximate surface area is 74.1 Å². The molecule has 2 atom stereocenters. The summed E-state index contributed by atoms with van der Waals surface area (Å²) in [6.45, 7) is 4.36. The first-order chi connectivity index (χ1) is 5.90. The number of rotatable bonds is 2. The third-order valence-corrected chi connectivity index (χ3v) is 2.89. The number of hydrogen-bond donors (Lipinski definition) is 1. The second-order valence-corrected chi connectivity index (χ2v) is 3.80. The Balaban J connectivity index is 1.84. The molecule has 0 aromatic heterocycles. The van der Waals surface area contributed by atoms with E-state index in [4.69, 9.17) is 4.74 Å². The Kier molecular flexibility index (Phi) is 2.63. The summed E-state index contributed by atoms with van der Waals surface area (Å²) in [6.07, 6.45) is 3.12. The zero-order valence-corrected chi connectivity index (χ0v) is 7.75. The summed E-state index contributed by atoms with van der Waals surface area (Å²) in [4.78, 5) is 2.57. The lowest BCUT2D eigenvalue weighted by Crippen LogP contribution is -2.48. The van der Waals surface area contributed by atoms with E-state index >= 15 is 0 Å². The van der Waals surface area contributed by atoms with Crippen molar-refractivity contribution in [2.45, 2.75) is 25.0 Å². The van der Waals surface area contributed by atoms with Crippen molar-refractivity contribution in [3.63, 3.8) is 0 Å². The van der Waals surface area contributed by atoms with Crippen molar-refractivity contribution >= 4 is 0 Å². The Morgan fingerprint density at radius 2 is 2.50 bits per heavy atom. The first-order valence-corrected chi connectivity index (χ1v) is 4.90. The maximum atomic E-state index is 5.73. The quantitative estimate of drug-likeness (QED) is 0.634. The second kappa shape index (κ2) is 3.73. The van der Waals surface area contributed by atoms with Gasteiger partial charge in [-0.25, -0.2) is 0 Å². The lowest BCUT2D eigenvalue weighted by atomic mass is 10.2. The summed E-state index contributed by atoms with van der Waals surface area (Å²) in [6, 6.07) is 0.734. The highest BCUT2D eigenvalue weighted by molar-refractivity contribution is 4.85.